The molecule has 2 atom stereocenters. The van der Waals surface area contributed by atoms with Gasteiger partial charge in [0.1, 0.15) is 11.7 Å². The third-order valence-corrected chi connectivity index (χ3v) is 6.94. The summed E-state index contributed by atoms with van der Waals surface area (Å²) in [5.41, 5.74) is 2.78. The van der Waals surface area contributed by atoms with E-state index in [4.69, 9.17) is 4.52 Å². The van der Waals surface area contributed by atoms with E-state index in [1.807, 2.05) is 56.4 Å². The second-order valence-electron chi connectivity index (χ2n) is 9.49. The number of rotatable bonds is 8. The van der Waals surface area contributed by atoms with Gasteiger partial charge in [-0.3, -0.25) is 9.59 Å². The molecule has 0 bridgehead atoms. The van der Waals surface area contributed by atoms with Gasteiger partial charge in [0.15, 0.2) is 5.58 Å². The molecule has 4 aromatic rings. The number of carbonyl (C=O) groups excluding carboxylic acids is 2. The second-order valence-corrected chi connectivity index (χ2v) is 9.49. The van der Waals surface area contributed by atoms with E-state index >= 15 is 0 Å². The summed E-state index contributed by atoms with van der Waals surface area (Å²) in [5.74, 6) is -1.61. The van der Waals surface area contributed by atoms with Crippen molar-refractivity contribution in [3.63, 3.8) is 0 Å². The van der Waals surface area contributed by atoms with Crippen molar-refractivity contribution < 1.29 is 24.0 Å². The normalized spacial score (nSPS) is 15.8. The summed E-state index contributed by atoms with van der Waals surface area (Å²) in [6, 6.07) is 19.9. The van der Waals surface area contributed by atoms with Crippen molar-refractivity contribution in [2.45, 2.75) is 25.6 Å². The first-order valence-corrected chi connectivity index (χ1v) is 12.7. The fraction of sp³-hybridized carbons (Fsp3) is 0.241. The van der Waals surface area contributed by atoms with Gasteiger partial charge in [-0.2, -0.15) is 0 Å². The van der Waals surface area contributed by atoms with Gasteiger partial charge < -0.3 is 30.1 Å². The Morgan fingerprint density at radius 1 is 1.02 bits per heavy atom. The van der Waals surface area contributed by atoms with Crippen molar-refractivity contribution in [1.29, 1.82) is 0 Å². The molecule has 3 N–H and O–H groups in total. The number of aromatic nitrogens is 1. The smallest absolute Gasteiger partial charge is 0.335 e. The van der Waals surface area contributed by atoms with Crippen LogP contribution in [-0.4, -0.2) is 60.3 Å². The molecule has 0 aliphatic carbocycles. The lowest BCUT2D eigenvalue weighted by Crippen LogP contribution is -2.53. The number of carbonyl (C=O) groups is 3. The molecule has 40 heavy (non-hydrogen) atoms. The molecule has 2 amide bonds. The number of amides is 2. The van der Waals surface area contributed by atoms with Gasteiger partial charge in [0, 0.05) is 23.5 Å². The van der Waals surface area contributed by atoms with Crippen LogP contribution in [0.15, 0.2) is 77.3 Å². The SMILES string of the molecule is CN[C@@H](C)CN[C@H]1CN(C(=O)c2ccc(C(=O)O)cc2)c2ccccc2N(Cc2noc3ccccc23)C1=O.Cl. The number of fused-ring (bicyclic) bond motifs is 2. The zero-order valence-electron chi connectivity index (χ0n) is 22.0. The topological polar surface area (TPSA) is 128 Å². The van der Waals surface area contributed by atoms with Gasteiger partial charge >= 0.3 is 5.97 Å². The lowest BCUT2D eigenvalue weighted by molar-refractivity contribution is -0.120. The van der Waals surface area contributed by atoms with Crippen LogP contribution < -0.4 is 20.4 Å². The number of carboxylic acid groups (broad SMARTS) is 1. The summed E-state index contributed by atoms with van der Waals surface area (Å²) in [7, 11) is 1.84. The summed E-state index contributed by atoms with van der Waals surface area (Å²) < 4.78 is 5.49. The van der Waals surface area contributed by atoms with E-state index in [1.165, 1.54) is 24.3 Å². The molecule has 5 rings (SSSR count). The standard InChI is InChI=1S/C29H29N5O5.ClH/c1-18(30-2)15-31-23-17-33(27(35)19-11-13-20(14-12-19)29(37)38)24-8-4-5-9-25(24)34(28(23)36)16-22-21-7-3-6-10-26(21)39-32-22;/h3-14,18,23,30-31H,15-17H2,1-2H3,(H,37,38);1H/t18-,23-;/m0./s1. The lowest BCUT2D eigenvalue weighted by Gasteiger charge is -2.26. The number of para-hydroxylation sites is 3. The van der Waals surface area contributed by atoms with Crippen molar-refractivity contribution in [1.82, 2.24) is 15.8 Å². The predicted molar refractivity (Wildman–Crippen MR) is 154 cm³/mol. The number of nitrogens with one attached hydrogen (secondary N) is 2. The monoisotopic (exact) mass is 563 g/mol. The van der Waals surface area contributed by atoms with Crippen LogP contribution in [0, 0.1) is 0 Å². The molecule has 0 fully saturated rings. The van der Waals surface area contributed by atoms with Gasteiger partial charge in [0.05, 0.1) is 30.0 Å². The third kappa shape index (κ3) is 5.69. The number of anilines is 2. The molecule has 0 saturated carbocycles. The minimum absolute atomic E-state index is 0. The van der Waals surface area contributed by atoms with Crippen molar-refractivity contribution in [3.8, 4) is 0 Å². The van der Waals surface area contributed by atoms with Crippen molar-refractivity contribution in [2.75, 3.05) is 29.9 Å². The Morgan fingerprint density at radius 3 is 2.38 bits per heavy atom. The maximum atomic E-state index is 14.1. The molecule has 2 heterocycles. The van der Waals surface area contributed by atoms with E-state index in [0.717, 1.165) is 5.39 Å². The van der Waals surface area contributed by atoms with Crippen molar-refractivity contribution in [3.05, 3.63) is 89.6 Å². The molecule has 1 aromatic heterocycles. The van der Waals surface area contributed by atoms with Crippen LogP contribution in [0.3, 0.4) is 0 Å². The number of hydrogen-bond donors (Lipinski definition) is 3. The van der Waals surface area contributed by atoms with Crippen molar-refractivity contribution in [2.24, 2.45) is 0 Å². The van der Waals surface area contributed by atoms with Gasteiger partial charge in [-0.25, -0.2) is 4.79 Å². The molecule has 0 saturated heterocycles. The molecule has 208 valence electrons. The van der Waals surface area contributed by atoms with Crippen molar-refractivity contribution >= 4 is 52.5 Å². The zero-order chi connectivity index (χ0) is 27.5. The highest BCUT2D eigenvalue weighted by molar-refractivity contribution is 6.12. The Hall–Kier alpha value is -4.25. The zero-order valence-corrected chi connectivity index (χ0v) is 22.9. The van der Waals surface area contributed by atoms with Crippen LogP contribution in [0.4, 0.5) is 11.4 Å². The summed E-state index contributed by atoms with van der Waals surface area (Å²) in [5, 5.41) is 20.8. The molecule has 3 aromatic carbocycles. The Kier molecular flexibility index (Phi) is 8.83. The van der Waals surface area contributed by atoms with E-state index in [9.17, 15) is 19.5 Å². The Bertz CT molecular complexity index is 1520. The van der Waals surface area contributed by atoms with Crippen LogP contribution in [0.1, 0.15) is 33.3 Å². The molecule has 11 heteroatoms. The number of likely N-dealkylation sites (N-methyl/N-ethyl adjacent to an activating group) is 1. The number of nitrogens with zero attached hydrogens (tertiary/aromatic N) is 3. The number of hydrogen-bond acceptors (Lipinski definition) is 7. The fourth-order valence-corrected chi connectivity index (χ4v) is 4.63. The third-order valence-electron chi connectivity index (χ3n) is 6.94. The van der Waals surface area contributed by atoms with E-state index < -0.39 is 12.0 Å². The Labute approximate surface area is 237 Å². The van der Waals surface area contributed by atoms with E-state index in [2.05, 4.69) is 15.8 Å². The summed E-state index contributed by atoms with van der Waals surface area (Å²) >= 11 is 0. The summed E-state index contributed by atoms with van der Waals surface area (Å²) in [6.07, 6.45) is 0. The highest BCUT2D eigenvalue weighted by Crippen LogP contribution is 2.35. The second kappa shape index (κ2) is 12.3. The molecular formula is C29H30ClN5O5. The maximum absolute atomic E-state index is 14.1. The van der Waals surface area contributed by atoms with Crippen LogP contribution >= 0.6 is 12.4 Å². The minimum atomic E-state index is -1.07. The maximum Gasteiger partial charge on any atom is 0.335 e. The number of benzene rings is 3. The van der Waals surface area contributed by atoms with Gasteiger partial charge in [-0.05, 0) is 62.5 Å². The van der Waals surface area contributed by atoms with E-state index in [0.29, 0.717) is 34.8 Å². The van der Waals surface area contributed by atoms with Crippen LogP contribution in [-0.2, 0) is 11.3 Å². The molecule has 1 aliphatic heterocycles. The Morgan fingerprint density at radius 2 is 1.68 bits per heavy atom. The van der Waals surface area contributed by atoms with Gasteiger partial charge in [0.25, 0.3) is 5.91 Å². The van der Waals surface area contributed by atoms with E-state index in [-0.39, 0.29) is 48.9 Å². The highest BCUT2D eigenvalue weighted by atomic mass is 35.5. The van der Waals surface area contributed by atoms with Gasteiger partial charge in [0.2, 0.25) is 5.91 Å². The fourth-order valence-electron chi connectivity index (χ4n) is 4.63. The van der Waals surface area contributed by atoms with E-state index in [1.54, 1.807) is 15.9 Å². The quantitative estimate of drug-likeness (QED) is 0.296. The van der Waals surface area contributed by atoms with Crippen LogP contribution in [0.5, 0.6) is 0 Å². The van der Waals surface area contributed by atoms with Crippen LogP contribution in [0.25, 0.3) is 11.0 Å². The largest absolute Gasteiger partial charge is 0.478 e. The number of aromatic carboxylic acids is 1. The molecule has 10 nitrogen and oxygen atoms in total. The molecule has 1 aliphatic rings. The molecule has 0 radical (unpaired) electrons. The first-order valence-electron chi connectivity index (χ1n) is 12.7. The highest BCUT2D eigenvalue weighted by Gasteiger charge is 2.37. The number of halogens is 1. The molecule has 0 unspecified atom stereocenters. The van der Waals surface area contributed by atoms with Gasteiger partial charge in [-0.1, -0.05) is 29.4 Å². The molecule has 0 spiro atoms. The average molecular weight is 564 g/mol. The first-order chi connectivity index (χ1) is 18.9. The minimum Gasteiger partial charge on any atom is -0.478 e. The molecular weight excluding hydrogens is 534 g/mol. The predicted octanol–water partition coefficient (Wildman–Crippen LogP) is 3.71. The summed E-state index contributed by atoms with van der Waals surface area (Å²) in [6.45, 7) is 2.73. The average Bonchev–Trinajstić information content (AvgIpc) is 3.33. The summed E-state index contributed by atoms with van der Waals surface area (Å²) in [4.78, 5) is 42.4. The Balaban J connectivity index is 0.00000370. The first kappa shape index (κ1) is 28.8. The number of carboxylic acids is 1. The lowest BCUT2D eigenvalue weighted by atomic mass is 10.1. The van der Waals surface area contributed by atoms with Gasteiger partial charge in [-0.15, -0.1) is 12.4 Å². The van der Waals surface area contributed by atoms with Crippen LogP contribution in [0.2, 0.25) is 0 Å².